The Morgan fingerprint density at radius 3 is 1.35 bits per heavy atom. The molecular weight excluding hydrogens is 1040 g/mol. The molecule has 456 valence electrons. The maximum atomic E-state index is 13.0. The van der Waals surface area contributed by atoms with E-state index in [1.54, 1.807) is 0 Å². The van der Waals surface area contributed by atoms with Crippen LogP contribution < -0.4 is 11.4 Å². The van der Waals surface area contributed by atoms with Crippen molar-refractivity contribution >= 4 is 33.4 Å². The quantitative estimate of drug-likeness (QED) is 0.0230. The average Bonchev–Trinajstić information content (AvgIpc) is 3.70. The Morgan fingerprint density at radius 1 is 0.577 bits per heavy atom. The number of anilines is 1. The van der Waals surface area contributed by atoms with Crippen LogP contribution in [0.4, 0.5) is 5.82 Å². The van der Waals surface area contributed by atoms with E-state index in [2.05, 4.69) is 37.0 Å². The first-order chi connectivity index (χ1) is 37.4. The van der Waals surface area contributed by atoms with Gasteiger partial charge in [-0.15, -0.1) is 0 Å². The highest BCUT2D eigenvalue weighted by atomic mass is 31.3. The number of carbonyl (C=O) groups is 2. The van der Waals surface area contributed by atoms with Gasteiger partial charge in [0.15, 0.2) is 12.3 Å². The summed E-state index contributed by atoms with van der Waals surface area (Å²) in [4.78, 5) is 62.3. The number of rotatable bonds is 52. The number of ether oxygens (including phenoxy) is 3. The number of aliphatic hydroxyl groups excluding tert-OH is 2. The second-order valence-electron chi connectivity index (χ2n) is 22.9. The highest BCUT2D eigenvalue weighted by Gasteiger charge is 2.46. The molecular formula is C58H109N3O15P2. The predicted molar refractivity (Wildman–Crippen MR) is 307 cm³/mol. The Morgan fingerprint density at radius 2 is 0.949 bits per heavy atom. The number of hydrogen-bond acceptors (Lipinski definition) is 15. The monoisotopic (exact) mass is 1150 g/mol. The van der Waals surface area contributed by atoms with Gasteiger partial charge in [0, 0.05) is 19.0 Å². The third-order valence-corrected chi connectivity index (χ3v) is 17.1. The van der Waals surface area contributed by atoms with Gasteiger partial charge >= 0.3 is 33.3 Å². The van der Waals surface area contributed by atoms with Crippen LogP contribution >= 0.6 is 15.6 Å². The third kappa shape index (κ3) is 37.7. The molecule has 0 amide bonds. The van der Waals surface area contributed by atoms with E-state index in [0.29, 0.717) is 12.8 Å². The van der Waals surface area contributed by atoms with Crippen LogP contribution in [0, 0.1) is 11.8 Å². The van der Waals surface area contributed by atoms with Gasteiger partial charge < -0.3 is 39.9 Å². The normalized spacial score (nSPS) is 18.6. The molecule has 0 aromatic carbocycles. The molecule has 0 aliphatic carbocycles. The van der Waals surface area contributed by atoms with Gasteiger partial charge in [0.2, 0.25) is 0 Å². The molecule has 3 unspecified atom stereocenters. The van der Waals surface area contributed by atoms with Crippen LogP contribution in [-0.2, 0) is 46.3 Å². The molecule has 1 fully saturated rings. The lowest BCUT2D eigenvalue weighted by atomic mass is 10.0. The summed E-state index contributed by atoms with van der Waals surface area (Å²) in [5, 5.41) is 21.0. The summed E-state index contributed by atoms with van der Waals surface area (Å²) < 4.78 is 57.1. The Balaban J connectivity index is 1.71. The maximum absolute atomic E-state index is 13.0. The maximum Gasteiger partial charge on any atom is 0.481 e. The number of esters is 2. The van der Waals surface area contributed by atoms with Crippen LogP contribution in [0.1, 0.15) is 278 Å². The Bertz CT molecular complexity index is 1840. The van der Waals surface area contributed by atoms with Crippen molar-refractivity contribution in [3.05, 3.63) is 22.7 Å². The van der Waals surface area contributed by atoms with Gasteiger partial charge in [-0.25, -0.2) is 13.9 Å². The first kappa shape index (κ1) is 71.9. The summed E-state index contributed by atoms with van der Waals surface area (Å²) in [5.41, 5.74) is 4.61. The van der Waals surface area contributed by atoms with E-state index < -0.39 is 83.7 Å². The minimum absolute atomic E-state index is 0.0580. The number of nitrogens with zero attached hydrogens (tertiary/aromatic N) is 2. The van der Waals surface area contributed by atoms with Crippen molar-refractivity contribution in [1.29, 1.82) is 0 Å². The van der Waals surface area contributed by atoms with Crippen molar-refractivity contribution in [2.24, 2.45) is 11.8 Å². The lowest BCUT2D eigenvalue weighted by Crippen LogP contribution is -2.36. The van der Waals surface area contributed by atoms with Crippen LogP contribution in [0.3, 0.4) is 0 Å². The first-order valence-electron chi connectivity index (χ1n) is 30.8. The SMILES string of the molecule is CC(C)CCCCCCCCCCCCCCCCCCCCC(=O)OC[C@H](COP(=O)(O)OP(=O)(O)OC[C@H]1O[C@@H](n2ccc(N)nc2=O)C(O)[C@H]1O)OC(=O)CCCCCCCCCCCCCCCCCCC(C)C. The molecule has 1 aliphatic heterocycles. The van der Waals surface area contributed by atoms with Crippen molar-refractivity contribution in [3.63, 3.8) is 0 Å². The van der Waals surface area contributed by atoms with Crippen molar-refractivity contribution < 1.29 is 66.3 Å². The zero-order chi connectivity index (χ0) is 57.3. The van der Waals surface area contributed by atoms with Crippen LogP contribution in [0.15, 0.2) is 17.1 Å². The molecule has 0 bridgehead atoms. The molecule has 0 saturated carbocycles. The molecule has 1 aromatic heterocycles. The number of carbonyl (C=O) groups excluding carboxylic acids is 2. The molecule has 20 heteroatoms. The van der Waals surface area contributed by atoms with E-state index in [-0.39, 0.29) is 18.7 Å². The summed E-state index contributed by atoms with van der Waals surface area (Å²) in [7, 11) is -10.8. The van der Waals surface area contributed by atoms with Crippen LogP contribution in [0.5, 0.6) is 0 Å². The topological polar surface area (TPSA) is 265 Å². The van der Waals surface area contributed by atoms with Gasteiger partial charge in [-0.1, -0.05) is 246 Å². The highest BCUT2D eigenvalue weighted by molar-refractivity contribution is 7.61. The molecule has 0 spiro atoms. The first-order valence-corrected chi connectivity index (χ1v) is 33.8. The number of hydrogen-bond donors (Lipinski definition) is 5. The summed E-state index contributed by atoms with van der Waals surface area (Å²) in [5.74, 6) is 0.364. The summed E-state index contributed by atoms with van der Waals surface area (Å²) in [6.07, 6.45) is 37.4. The van der Waals surface area contributed by atoms with Crippen molar-refractivity contribution in [2.45, 2.75) is 302 Å². The van der Waals surface area contributed by atoms with E-state index >= 15 is 0 Å². The zero-order valence-corrected chi connectivity index (χ0v) is 50.6. The molecule has 18 nitrogen and oxygen atoms in total. The molecule has 1 aromatic rings. The lowest BCUT2D eigenvalue weighted by Gasteiger charge is -2.21. The molecule has 1 aliphatic rings. The molecule has 2 heterocycles. The van der Waals surface area contributed by atoms with E-state index in [4.69, 9.17) is 29.0 Å². The highest BCUT2D eigenvalue weighted by Crippen LogP contribution is 2.60. The molecule has 1 saturated heterocycles. The van der Waals surface area contributed by atoms with E-state index in [0.717, 1.165) is 61.3 Å². The largest absolute Gasteiger partial charge is 0.481 e. The minimum atomic E-state index is -5.43. The van der Waals surface area contributed by atoms with Crippen molar-refractivity contribution in [1.82, 2.24) is 9.55 Å². The van der Waals surface area contributed by atoms with Gasteiger partial charge in [-0.2, -0.15) is 9.29 Å². The molecule has 2 rings (SSSR count). The van der Waals surface area contributed by atoms with E-state index in [9.17, 15) is 43.5 Å². The summed E-state index contributed by atoms with van der Waals surface area (Å²) in [6.45, 7) is 6.92. The Kier molecular flexibility index (Phi) is 40.9. The van der Waals surface area contributed by atoms with Gasteiger partial charge in [0.25, 0.3) is 0 Å². The second-order valence-corrected chi connectivity index (χ2v) is 25.9. The molecule has 6 N–H and O–H groups in total. The second kappa shape index (κ2) is 44.4. The number of phosphoric acid groups is 2. The Hall–Kier alpha value is -2.24. The number of nitrogen functional groups attached to an aromatic ring is 1. The predicted octanol–water partition coefficient (Wildman–Crippen LogP) is 14.3. The number of aromatic nitrogens is 2. The standard InChI is InChI=1S/C58H109N3O15P2/c1-48(2)39-35-31-27-23-19-15-11-7-5-6-8-13-17-21-25-29-33-37-41-53(62)71-45-50(74-54(63)42-38-34-30-26-22-18-14-10-9-12-16-20-24-28-32-36-40-49(3)4)46-72-77(67,68)76-78(69,70)73-47-51-55(64)56(65)57(75-51)61-44-43-52(59)60-58(61)66/h43-44,48-51,55-57,64-65H,5-42,45-47H2,1-4H3,(H,67,68)(H,69,70)(H2,59,60,66)/t50-,51-,55+,56?,57-/m1/s1. The smallest absolute Gasteiger partial charge is 0.462 e. The number of phosphoric ester groups is 2. The zero-order valence-electron chi connectivity index (χ0n) is 48.8. The van der Waals surface area contributed by atoms with Gasteiger partial charge in [-0.05, 0) is 30.7 Å². The average molecular weight is 1150 g/mol. The fourth-order valence-electron chi connectivity index (χ4n) is 9.80. The number of nitrogens with two attached hydrogens (primary N) is 1. The van der Waals surface area contributed by atoms with Crippen LogP contribution in [0.25, 0.3) is 0 Å². The van der Waals surface area contributed by atoms with Crippen molar-refractivity contribution in [3.8, 4) is 0 Å². The Labute approximate surface area is 470 Å². The van der Waals surface area contributed by atoms with E-state index in [1.165, 1.54) is 186 Å². The number of aliphatic hydroxyl groups is 2. The fourth-order valence-corrected chi connectivity index (χ4v) is 11.9. The summed E-state index contributed by atoms with van der Waals surface area (Å²) >= 11 is 0. The molecule has 7 atom stereocenters. The lowest BCUT2D eigenvalue weighted by molar-refractivity contribution is -0.161. The molecule has 0 radical (unpaired) electrons. The minimum Gasteiger partial charge on any atom is -0.462 e. The summed E-state index contributed by atoms with van der Waals surface area (Å²) in [6, 6.07) is 1.25. The third-order valence-electron chi connectivity index (χ3n) is 14.5. The van der Waals surface area contributed by atoms with Crippen molar-refractivity contribution in [2.75, 3.05) is 25.6 Å². The van der Waals surface area contributed by atoms with E-state index in [1.807, 2.05) is 0 Å². The van der Waals surface area contributed by atoms with Gasteiger partial charge in [0.1, 0.15) is 30.7 Å². The fraction of sp³-hybridized carbons (Fsp3) is 0.897. The van der Waals surface area contributed by atoms with Crippen LogP contribution in [0.2, 0.25) is 0 Å². The van der Waals surface area contributed by atoms with Gasteiger partial charge in [0.05, 0.1) is 13.2 Å². The molecule has 78 heavy (non-hydrogen) atoms. The number of unbranched alkanes of at least 4 members (excludes halogenated alkanes) is 32. The van der Waals surface area contributed by atoms with Crippen LogP contribution in [-0.4, -0.2) is 85.7 Å². The van der Waals surface area contributed by atoms with Gasteiger partial charge in [-0.3, -0.25) is 23.2 Å².